The number of nitrogens with zero attached hydrogens (tertiary/aromatic N) is 1. The van der Waals surface area contributed by atoms with Crippen LogP contribution in [-0.4, -0.2) is 24.5 Å². The largest absolute Gasteiger partial charge is 0.331 e. The van der Waals surface area contributed by atoms with Crippen molar-refractivity contribution in [2.75, 3.05) is 13.6 Å². The SMILES string of the molecule is CC(C)Cc1ccc(CCN(C)C(=O)NN)cc1. The van der Waals surface area contributed by atoms with Crippen molar-refractivity contribution in [3.05, 3.63) is 35.4 Å². The molecule has 3 N–H and O–H groups in total. The summed E-state index contributed by atoms with van der Waals surface area (Å²) in [6.45, 7) is 5.09. The Morgan fingerprint density at radius 3 is 2.33 bits per heavy atom. The first-order valence-electron chi connectivity index (χ1n) is 6.32. The summed E-state index contributed by atoms with van der Waals surface area (Å²) < 4.78 is 0. The molecule has 0 aliphatic carbocycles. The Labute approximate surface area is 109 Å². The molecule has 0 unspecified atom stereocenters. The topological polar surface area (TPSA) is 58.4 Å². The molecule has 100 valence electrons. The second kappa shape index (κ2) is 7.01. The van der Waals surface area contributed by atoms with Crippen molar-refractivity contribution in [1.82, 2.24) is 10.3 Å². The second-order valence-electron chi connectivity index (χ2n) is 5.04. The first kappa shape index (κ1) is 14.5. The Kier molecular flexibility index (Phi) is 5.65. The normalized spacial score (nSPS) is 10.5. The summed E-state index contributed by atoms with van der Waals surface area (Å²) in [5, 5.41) is 0. The maximum absolute atomic E-state index is 11.2. The molecule has 1 aromatic rings. The summed E-state index contributed by atoms with van der Waals surface area (Å²) in [6.07, 6.45) is 1.95. The van der Waals surface area contributed by atoms with Gasteiger partial charge in [-0.15, -0.1) is 0 Å². The number of benzene rings is 1. The minimum Gasteiger partial charge on any atom is -0.326 e. The summed E-state index contributed by atoms with van der Waals surface area (Å²) in [5.74, 6) is 5.74. The molecular formula is C14H23N3O. The zero-order valence-electron chi connectivity index (χ0n) is 11.4. The van der Waals surface area contributed by atoms with Crippen LogP contribution in [0.15, 0.2) is 24.3 Å². The van der Waals surface area contributed by atoms with E-state index in [-0.39, 0.29) is 6.03 Å². The number of hydrogen-bond donors (Lipinski definition) is 2. The number of amides is 2. The van der Waals surface area contributed by atoms with Gasteiger partial charge in [0.05, 0.1) is 0 Å². The molecule has 1 aromatic carbocycles. The third-order valence-corrected chi connectivity index (χ3v) is 2.87. The lowest BCUT2D eigenvalue weighted by atomic mass is 10.0. The molecular weight excluding hydrogens is 226 g/mol. The van der Waals surface area contributed by atoms with E-state index in [0.717, 1.165) is 12.8 Å². The Balaban J connectivity index is 2.46. The number of hydrogen-bond acceptors (Lipinski definition) is 2. The molecule has 2 amide bonds. The van der Waals surface area contributed by atoms with Crippen LogP contribution in [-0.2, 0) is 12.8 Å². The van der Waals surface area contributed by atoms with Crippen LogP contribution in [0.1, 0.15) is 25.0 Å². The molecule has 4 nitrogen and oxygen atoms in total. The molecule has 0 aliphatic heterocycles. The minimum atomic E-state index is -0.258. The first-order valence-corrected chi connectivity index (χ1v) is 6.32. The lowest BCUT2D eigenvalue weighted by molar-refractivity contribution is 0.209. The molecule has 0 bridgehead atoms. The Morgan fingerprint density at radius 1 is 1.28 bits per heavy atom. The van der Waals surface area contributed by atoms with Crippen LogP contribution < -0.4 is 11.3 Å². The number of nitrogens with one attached hydrogen (secondary N) is 1. The number of carbonyl (C=O) groups excluding carboxylic acids is 1. The van der Waals surface area contributed by atoms with Crippen molar-refractivity contribution in [1.29, 1.82) is 0 Å². The lowest BCUT2D eigenvalue weighted by Gasteiger charge is -2.16. The zero-order chi connectivity index (χ0) is 13.5. The van der Waals surface area contributed by atoms with Gasteiger partial charge < -0.3 is 4.90 Å². The predicted molar refractivity (Wildman–Crippen MR) is 74.0 cm³/mol. The van der Waals surface area contributed by atoms with Crippen LogP contribution in [0.5, 0.6) is 0 Å². The molecule has 0 saturated carbocycles. The maximum Gasteiger partial charge on any atom is 0.331 e. The van der Waals surface area contributed by atoms with E-state index < -0.39 is 0 Å². The van der Waals surface area contributed by atoms with Crippen LogP contribution in [0, 0.1) is 5.92 Å². The van der Waals surface area contributed by atoms with Gasteiger partial charge in [-0.25, -0.2) is 10.6 Å². The molecule has 0 fully saturated rings. The molecule has 18 heavy (non-hydrogen) atoms. The van der Waals surface area contributed by atoms with E-state index >= 15 is 0 Å². The van der Waals surface area contributed by atoms with Gasteiger partial charge in [0.2, 0.25) is 0 Å². The van der Waals surface area contributed by atoms with Gasteiger partial charge in [-0.05, 0) is 29.9 Å². The van der Waals surface area contributed by atoms with Crippen molar-refractivity contribution in [2.45, 2.75) is 26.7 Å². The molecule has 0 spiro atoms. The second-order valence-corrected chi connectivity index (χ2v) is 5.04. The van der Waals surface area contributed by atoms with E-state index in [0.29, 0.717) is 12.5 Å². The fourth-order valence-electron chi connectivity index (χ4n) is 1.82. The smallest absolute Gasteiger partial charge is 0.326 e. The van der Waals surface area contributed by atoms with Crippen molar-refractivity contribution >= 4 is 6.03 Å². The first-order chi connectivity index (χ1) is 8.52. The maximum atomic E-state index is 11.2. The Hall–Kier alpha value is -1.55. The third kappa shape index (κ3) is 4.75. The summed E-state index contributed by atoms with van der Waals surface area (Å²) >= 11 is 0. The fourth-order valence-corrected chi connectivity index (χ4v) is 1.82. The number of nitrogens with two attached hydrogens (primary N) is 1. The summed E-state index contributed by atoms with van der Waals surface area (Å²) in [7, 11) is 1.73. The Morgan fingerprint density at radius 2 is 1.83 bits per heavy atom. The Bertz CT molecular complexity index is 373. The molecule has 0 saturated heterocycles. The van der Waals surface area contributed by atoms with Gasteiger partial charge in [-0.3, -0.25) is 5.43 Å². The molecule has 4 heteroatoms. The quantitative estimate of drug-likeness (QED) is 0.476. The van der Waals surface area contributed by atoms with Crippen molar-refractivity contribution in [3.8, 4) is 0 Å². The molecule has 1 rings (SSSR count). The molecule has 0 aliphatic rings. The van der Waals surface area contributed by atoms with Gasteiger partial charge in [0.15, 0.2) is 0 Å². The summed E-state index contributed by atoms with van der Waals surface area (Å²) in [4.78, 5) is 12.8. The van der Waals surface area contributed by atoms with Crippen LogP contribution in [0.4, 0.5) is 4.79 Å². The number of carbonyl (C=O) groups is 1. The molecule has 0 atom stereocenters. The van der Waals surface area contributed by atoms with Gasteiger partial charge in [0.25, 0.3) is 0 Å². The van der Waals surface area contributed by atoms with Crippen LogP contribution in [0.25, 0.3) is 0 Å². The third-order valence-electron chi connectivity index (χ3n) is 2.87. The van der Waals surface area contributed by atoms with E-state index in [2.05, 4.69) is 43.5 Å². The van der Waals surface area contributed by atoms with Gasteiger partial charge in [0, 0.05) is 13.6 Å². The predicted octanol–water partition coefficient (Wildman–Crippen LogP) is 1.94. The van der Waals surface area contributed by atoms with Gasteiger partial charge in [-0.1, -0.05) is 38.1 Å². The fraction of sp³-hybridized carbons (Fsp3) is 0.500. The van der Waals surface area contributed by atoms with Crippen molar-refractivity contribution < 1.29 is 4.79 Å². The van der Waals surface area contributed by atoms with E-state index in [1.165, 1.54) is 11.1 Å². The highest BCUT2D eigenvalue weighted by molar-refractivity contribution is 5.73. The molecule has 0 heterocycles. The number of likely N-dealkylation sites (N-methyl/N-ethyl adjacent to an activating group) is 1. The van der Waals surface area contributed by atoms with E-state index in [9.17, 15) is 4.79 Å². The summed E-state index contributed by atoms with van der Waals surface area (Å²) in [6, 6.07) is 8.33. The van der Waals surface area contributed by atoms with E-state index in [4.69, 9.17) is 5.84 Å². The van der Waals surface area contributed by atoms with E-state index in [1.54, 1.807) is 11.9 Å². The number of rotatable bonds is 5. The monoisotopic (exact) mass is 249 g/mol. The zero-order valence-corrected chi connectivity index (χ0v) is 11.4. The van der Waals surface area contributed by atoms with Crippen LogP contribution in [0.2, 0.25) is 0 Å². The van der Waals surface area contributed by atoms with Gasteiger partial charge in [-0.2, -0.15) is 0 Å². The van der Waals surface area contributed by atoms with Gasteiger partial charge in [0.1, 0.15) is 0 Å². The average Bonchev–Trinajstić information content (AvgIpc) is 2.36. The van der Waals surface area contributed by atoms with Crippen molar-refractivity contribution in [2.24, 2.45) is 11.8 Å². The highest BCUT2D eigenvalue weighted by Gasteiger charge is 2.05. The molecule has 0 aromatic heterocycles. The number of urea groups is 1. The summed E-state index contributed by atoms with van der Waals surface area (Å²) in [5.41, 5.74) is 4.72. The number of hydrazine groups is 1. The average molecular weight is 249 g/mol. The highest BCUT2D eigenvalue weighted by Crippen LogP contribution is 2.10. The van der Waals surface area contributed by atoms with Crippen LogP contribution >= 0.6 is 0 Å². The minimum absolute atomic E-state index is 0.258. The highest BCUT2D eigenvalue weighted by atomic mass is 16.2. The molecule has 0 radical (unpaired) electrons. The van der Waals surface area contributed by atoms with Crippen LogP contribution in [0.3, 0.4) is 0 Å². The van der Waals surface area contributed by atoms with E-state index in [1.807, 2.05) is 0 Å². The van der Waals surface area contributed by atoms with Gasteiger partial charge >= 0.3 is 6.03 Å². The standard InChI is InChI=1S/C14H23N3O/c1-11(2)10-13-6-4-12(5-7-13)8-9-17(3)14(18)16-15/h4-7,11H,8-10,15H2,1-3H3,(H,16,18). The lowest BCUT2D eigenvalue weighted by Crippen LogP contribution is -2.41. The van der Waals surface area contributed by atoms with Crippen molar-refractivity contribution in [3.63, 3.8) is 0 Å².